The summed E-state index contributed by atoms with van der Waals surface area (Å²) in [6, 6.07) is 1.52. The number of aliphatic hydroxyl groups is 1. The molecule has 1 aromatic rings. The zero-order valence-corrected chi connectivity index (χ0v) is 10.4. The lowest BCUT2D eigenvalue weighted by molar-refractivity contribution is -0.0750. The molecule has 1 aliphatic heterocycles. The van der Waals surface area contributed by atoms with Crippen LogP contribution in [-0.4, -0.2) is 54.7 Å². The molecule has 1 aromatic heterocycles. The Bertz CT molecular complexity index is 457. The first-order chi connectivity index (χ1) is 8.04. The van der Waals surface area contributed by atoms with Crippen LogP contribution in [0.15, 0.2) is 23.4 Å². The summed E-state index contributed by atoms with van der Waals surface area (Å²) in [5.74, 6) is 0. The topological polar surface area (TPSA) is 82.6 Å². The Kier molecular flexibility index (Phi) is 3.53. The van der Waals surface area contributed by atoms with E-state index >= 15 is 0 Å². The lowest BCUT2D eigenvalue weighted by atomic mass is 10.2. The number of hydrogen-bond donors (Lipinski definition) is 2. The van der Waals surface area contributed by atoms with Crippen LogP contribution in [0.1, 0.15) is 6.92 Å². The average Bonchev–Trinajstić information content (AvgIpc) is 2.82. The van der Waals surface area contributed by atoms with E-state index < -0.39 is 16.1 Å². The van der Waals surface area contributed by atoms with Crippen molar-refractivity contribution >= 4 is 10.0 Å². The van der Waals surface area contributed by atoms with Crippen molar-refractivity contribution in [3.05, 3.63) is 18.5 Å². The Labute approximate surface area is 100 Å². The molecular weight excluding hydrogens is 244 g/mol. The second-order valence-corrected chi connectivity index (χ2v) is 6.06. The highest BCUT2D eigenvalue weighted by atomic mass is 32.2. The van der Waals surface area contributed by atoms with E-state index in [9.17, 15) is 8.42 Å². The van der Waals surface area contributed by atoms with Crippen molar-refractivity contribution in [1.82, 2.24) is 9.29 Å². The maximum Gasteiger partial charge on any atom is 0.244 e. The molecule has 1 fully saturated rings. The van der Waals surface area contributed by atoms with Gasteiger partial charge in [0.25, 0.3) is 0 Å². The van der Waals surface area contributed by atoms with E-state index in [1.165, 1.54) is 16.6 Å². The monoisotopic (exact) mass is 260 g/mol. The van der Waals surface area contributed by atoms with Gasteiger partial charge in [-0.05, 0) is 13.0 Å². The van der Waals surface area contributed by atoms with E-state index in [0.717, 1.165) is 0 Å². The number of aliphatic hydroxyl groups excluding tert-OH is 1. The molecule has 0 saturated carbocycles. The number of nitrogens with one attached hydrogen (secondary N) is 1. The van der Waals surface area contributed by atoms with E-state index in [1.54, 1.807) is 13.1 Å². The maximum atomic E-state index is 12.2. The molecule has 2 heterocycles. The van der Waals surface area contributed by atoms with E-state index in [2.05, 4.69) is 4.98 Å². The number of nitrogens with zero attached hydrogens (tertiary/aromatic N) is 1. The first-order valence-electron chi connectivity index (χ1n) is 5.43. The van der Waals surface area contributed by atoms with Crippen molar-refractivity contribution in [3.63, 3.8) is 0 Å². The summed E-state index contributed by atoms with van der Waals surface area (Å²) in [6.45, 7) is 2.11. The molecule has 1 aliphatic rings. The molecule has 7 heteroatoms. The third kappa shape index (κ3) is 2.52. The number of ether oxygens (including phenoxy) is 1. The highest BCUT2D eigenvalue weighted by molar-refractivity contribution is 7.89. The summed E-state index contributed by atoms with van der Waals surface area (Å²) in [5, 5.41) is 9.07. The van der Waals surface area contributed by atoms with E-state index in [1.807, 2.05) is 0 Å². The zero-order valence-electron chi connectivity index (χ0n) is 9.54. The summed E-state index contributed by atoms with van der Waals surface area (Å²) >= 11 is 0. The minimum atomic E-state index is -3.48. The highest BCUT2D eigenvalue weighted by Crippen LogP contribution is 2.20. The lowest BCUT2D eigenvalue weighted by Gasteiger charge is -2.34. The van der Waals surface area contributed by atoms with Gasteiger partial charge in [-0.3, -0.25) is 0 Å². The van der Waals surface area contributed by atoms with Crippen LogP contribution in [-0.2, 0) is 14.8 Å². The van der Waals surface area contributed by atoms with Gasteiger partial charge in [-0.25, -0.2) is 8.42 Å². The summed E-state index contributed by atoms with van der Waals surface area (Å²) in [6.07, 6.45) is 2.35. The fourth-order valence-electron chi connectivity index (χ4n) is 1.92. The van der Waals surface area contributed by atoms with Crippen molar-refractivity contribution in [2.45, 2.75) is 24.0 Å². The van der Waals surface area contributed by atoms with Crippen LogP contribution in [0, 0.1) is 0 Å². The molecule has 2 atom stereocenters. The normalized spacial score (nSPS) is 27.2. The summed E-state index contributed by atoms with van der Waals surface area (Å²) < 4.78 is 31.2. The molecule has 0 amide bonds. The van der Waals surface area contributed by atoms with Crippen molar-refractivity contribution < 1.29 is 18.3 Å². The molecule has 0 aliphatic carbocycles. The van der Waals surface area contributed by atoms with Crippen molar-refractivity contribution in [1.29, 1.82) is 0 Å². The number of rotatable bonds is 3. The number of sulfonamides is 1. The highest BCUT2D eigenvalue weighted by Gasteiger charge is 2.33. The third-order valence-corrected chi connectivity index (χ3v) is 4.53. The van der Waals surface area contributed by atoms with E-state index in [-0.39, 0.29) is 24.2 Å². The van der Waals surface area contributed by atoms with Gasteiger partial charge in [0.15, 0.2) is 0 Å². The molecule has 2 N–H and O–H groups in total. The van der Waals surface area contributed by atoms with Gasteiger partial charge in [0.2, 0.25) is 10.0 Å². The second-order valence-electron chi connectivity index (χ2n) is 4.12. The Morgan fingerprint density at radius 1 is 1.59 bits per heavy atom. The van der Waals surface area contributed by atoms with Gasteiger partial charge in [-0.15, -0.1) is 0 Å². The summed E-state index contributed by atoms with van der Waals surface area (Å²) in [7, 11) is -3.48. The van der Waals surface area contributed by atoms with Crippen LogP contribution in [0.4, 0.5) is 0 Å². The van der Waals surface area contributed by atoms with Gasteiger partial charge in [0, 0.05) is 25.5 Å². The van der Waals surface area contributed by atoms with Gasteiger partial charge < -0.3 is 14.8 Å². The molecule has 2 rings (SSSR count). The second kappa shape index (κ2) is 4.77. The maximum absolute atomic E-state index is 12.2. The Hall–Kier alpha value is -0.890. The van der Waals surface area contributed by atoms with Crippen LogP contribution in [0.25, 0.3) is 0 Å². The fraction of sp³-hybridized carbons (Fsp3) is 0.600. The van der Waals surface area contributed by atoms with Gasteiger partial charge >= 0.3 is 0 Å². The quantitative estimate of drug-likeness (QED) is 0.787. The predicted octanol–water partition coefficient (Wildman–Crippen LogP) is -0.215. The molecule has 17 heavy (non-hydrogen) atoms. The number of aromatic amines is 1. The molecule has 0 bridgehead atoms. The van der Waals surface area contributed by atoms with Crippen LogP contribution in [0.3, 0.4) is 0 Å². The first-order valence-corrected chi connectivity index (χ1v) is 6.87. The molecule has 1 saturated heterocycles. The van der Waals surface area contributed by atoms with Gasteiger partial charge in [0.1, 0.15) is 0 Å². The molecular formula is C10H16N2O4S. The zero-order chi connectivity index (χ0) is 12.5. The lowest BCUT2D eigenvalue weighted by Crippen LogP contribution is -2.50. The van der Waals surface area contributed by atoms with Crippen LogP contribution in [0.2, 0.25) is 0 Å². The number of aromatic nitrogens is 1. The smallest absolute Gasteiger partial charge is 0.244 e. The summed E-state index contributed by atoms with van der Waals surface area (Å²) in [4.78, 5) is 2.96. The molecule has 0 spiro atoms. The van der Waals surface area contributed by atoms with E-state index in [0.29, 0.717) is 6.54 Å². The molecule has 0 radical (unpaired) electrons. The Morgan fingerprint density at radius 3 is 2.94 bits per heavy atom. The fourth-order valence-corrected chi connectivity index (χ4v) is 3.44. The van der Waals surface area contributed by atoms with E-state index in [4.69, 9.17) is 9.84 Å². The summed E-state index contributed by atoms with van der Waals surface area (Å²) in [5.41, 5.74) is 0. The SMILES string of the molecule is CC1CN(S(=O)(=O)c2cc[nH]c2)CC(CO)O1. The van der Waals surface area contributed by atoms with Crippen molar-refractivity contribution in [2.75, 3.05) is 19.7 Å². The standard InChI is InChI=1S/C10H16N2O4S/c1-8-5-12(6-9(7-13)16-8)17(14,15)10-2-3-11-4-10/h2-4,8-9,11,13H,5-7H2,1H3. The Balaban J connectivity index is 2.22. The minimum Gasteiger partial charge on any atom is -0.394 e. The van der Waals surface area contributed by atoms with Crippen LogP contribution >= 0.6 is 0 Å². The molecule has 0 aromatic carbocycles. The van der Waals surface area contributed by atoms with Crippen molar-refractivity contribution in [2.24, 2.45) is 0 Å². The molecule has 2 unspecified atom stereocenters. The Morgan fingerprint density at radius 2 is 2.35 bits per heavy atom. The van der Waals surface area contributed by atoms with Crippen LogP contribution < -0.4 is 0 Å². The van der Waals surface area contributed by atoms with Gasteiger partial charge in [-0.1, -0.05) is 0 Å². The number of H-pyrrole nitrogens is 1. The average molecular weight is 260 g/mol. The number of hydrogen-bond acceptors (Lipinski definition) is 4. The minimum absolute atomic E-state index is 0.177. The predicted molar refractivity (Wildman–Crippen MR) is 61.0 cm³/mol. The largest absolute Gasteiger partial charge is 0.394 e. The van der Waals surface area contributed by atoms with Gasteiger partial charge in [-0.2, -0.15) is 4.31 Å². The molecule has 6 nitrogen and oxygen atoms in total. The van der Waals surface area contributed by atoms with Crippen LogP contribution in [0.5, 0.6) is 0 Å². The molecule has 96 valence electrons. The van der Waals surface area contributed by atoms with Gasteiger partial charge in [0.05, 0.1) is 23.7 Å². The number of morpholine rings is 1. The third-order valence-electron chi connectivity index (χ3n) is 2.70. The first kappa shape index (κ1) is 12.6. The van der Waals surface area contributed by atoms with Crippen molar-refractivity contribution in [3.8, 4) is 0 Å².